The number of aryl methyl sites for hydroxylation is 1. The molecule has 2 aromatic carbocycles. The van der Waals surface area contributed by atoms with Gasteiger partial charge in [-0.15, -0.1) is 0 Å². The van der Waals surface area contributed by atoms with Crippen molar-refractivity contribution in [2.75, 3.05) is 6.61 Å². The summed E-state index contributed by atoms with van der Waals surface area (Å²) in [6, 6.07) is 11.8. The van der Waals surface area contributed by atoms with Crippen molar-refractivity contribution in [3.05, 3.63) is 63.7 Å². The molecule has 3 rings (SSSR count). The van der Waals surface area contributed by atoms with Crippen LogP contribution in [0.3, 0.4) is 0 Å². The van der Waals surface area contributed by atoms with Gasteiger partial charge >= 0.3 is 0 Å². The summed E-state index contributed by atoms with van der Waals surface area (Å²) in [5.74, 6) is 0.815. The molecule has 1 N–H and O–H groups in total. The van der Waals surface area contributed by atoms with E-state index < -0.39 is 6.10 Å². The smallest absolute Gasteiger partial charge is 0.128 e. The zero-order valence-electron chi connectivity index (χ0n) is 11.4. The topological polar surface area (TPSA) is 29.5 Å². The van der Waals surface area contributed by atoms with Gasteiger partial charge < -0.3 is 9.84 Å². The van der Waals surface area contributed by atoms with Crippen LogP contribution in [0.4, 0.5) is 0 Å². The Kier molecular flexibility index (Phi) is 3.68. The molecule has 1 heterocycles. The van der Waals surface area contributed by atoms with Gasteiger partial charge in [-0.25, -0.2) is 0 Å². The van der Waals surface area contributed by atoms with E-state index in [2.05, 4.69) is 13.0 Å². The zero-order chi connectivity index (χ0) is 14.1. The Hall–Kier alpha value is -1.51. The summed E-state index contributed by atoms with van der Waals surface area (Å²) in [5.41, 5.74) is 4.22. The monoisotopic (exact) mass is 288 g/mol. The molecule has 0 spiro atoms. The predicted molar refractivity (Wildman–Crippen MR) is 80.5 cm³/mol. The van der Waals surface area contributed by atoms with Gasteiger partial charge in [0.25, 0.3) is 0 Å². The summed E-state index contributed by atoms with van der Waals surface area (Å²) in [6.07, 6.45) is 0.838. The van der Waals surface area contributed by atoms with Crippen molar-refractivity contribution < 1.29 is 9.84 Å². The van der Waals surface area contributed by atoms with Gasteiger partial charge in [0, 0.05) is 23.4 Å². The molecule has 0 aromatic heterocycles. The maximum atomic E-state index is 10.5. The average molecular weight is 289 g/mol. The summed E-state index contributed by atoms with van der Waals surface area (Å²) < 4.78 is 5.66. The predicted octanol–water partition coefficient (Wildman–Crippen LogP) is 3.86. The molecule has 0 radical (unpaired) electrons. The highest BCUT2D eigenvalue weighted by Crippen LogP contribution is 2.37. The van der Waals surface area contributed by atoms with Crippen LogP contribution in [0, 0.1) is 6.92 Å². The van der Waals surface area contributed by atoms with Gasteiger partial charge in [-0.05, 0) is 35.7 Å². The summed E-state index contributed by atoms with van der Waals surface area (Å²) in [5, 5.41) is 11.2. The van der Waals surface area contributed by atoms with Gasteiger partial charge in [-0.1, -0.05) is 35.9 Å². The molecule has 0 bridgehead atoms. The van der Waals surface area contributed by atoms with Gasteiger partial charge in [0.1, 0.15) is 5.75 Å². The van der Waals surface area contributed by atoms with Crippen molar-refractivity contribution in [2.24, 2.45) is 0 Å². The Morgan fingerprint density at radius 2 is 2.10 bits per heavy atom. The number of ether oxygens (including phenoxy) is 1. The molecule has 1 unspecified atom stereocenters. The molecular formula is C17H17ClO2. The number of hydrogen-bond donors (Lipinski definition) is 1. The Morgan fingerprint density at radius 3 is 2.90 bits per heavy atom. The molecule has 0 aliphatic carbocycles. The van der Waals surface area contributed by atoms with Crippen LogP contribution in [0.25, 0.3) is 0 Å². The molecule has 0 saturated heterocycles. The van der Waals surface area contributed by atoms with E-state index in [1.54, 1.807) is 0 Å². The van der Waals surface area contributed by atoms with E-state index in [0.717, 1.165) is 28.9 Å². The van der Waals surface area contributed by atoms with Gasteiger partial charge in [0.2, 0.25) is 0 Å². The number of aliphatic hydroxyl groups excluding tert-OH is 1. The molecule has 1 atom stereocenters. The molecule has 0 fully saturated rings. The van der Waals surface area contributed by atoms with Crippen molar-refractivity contribution in [2.45, 2.75) is 25.9 Å². The van der Waals surface area contributed by atoms with Crippen LogP contribution in [0.5, 0.6) is 5.75 Å². The fourth-order valence-electron chi connectivity index (χ4n) is 2.70. The number of benzene rings is 2. The molecule has 0 amide bonds. The van der Waals surface area contributed by atoms with Crippen molar-refractivity contribution >= 4 is 11.6 Å². The third-order valence-corrected chi connectivity index (χ3v) is 4.03. The molecule has 20 heavy (non-hydrogen) atoms. The second-order valence-electron chi connectivity index (χ2n) is 5.23. The largest absolute Gasteiger partial charge is 0.493 e. The lowest BCUT2D eigenvalue weighted by atomic mass is 9.96. The van der Waals surface area contributed by atoms with Crippen molar-refractivity contribution in [3.8, 4) is 5.75 Å². The van der Waals surface area contributed by atoms with Crippen molar-refractivity contribution in [1.29, 1.82) is 0 Å². The first-order chi connectivity index (χ1) is 9.65. The van der Waals surface area contributed by atoms with Crippen LogP contribution in [0.1, 0.15) is 28.4 Å². The maximum Gasteiger partial charge on any atom is 0.128 e. The minimum Gasteiger partial charge on any atom is -0.493 e. The third kappa shape index (κ3) is 2.54. The summed E-state index contributed by atoms with van der Waals surface area (Å²) in [7, 11) is 0. The summed E-state index contributed by atoms with van der Waals surface area (Å²) in [4.78, 5) is 0. The lowest BCUT2D eigenvalue weighted by molar-refractivity contribution is 0.173. The lowest BCUT2D eigenvalue weighted by Crippen LogP contribution is -2.05. The average Bonchev–Trinajstić information content (AvgIpc) is 2.88. The fourth-order valence-corrected chi connectivity index (χ4v) is 2.95. The van der Waals surface area contributed by atoms with Crippen LogP contribution in [-0.4, -0.2) is 11.7 Å². The van der Waals surface area contributed by atoms with Crippen LogP contribution in [-0.2, 0) is 12.8 Å². The zero-order valence-corrected chi connectivity index (χ0v) is 12.2. The number of halogens is 1. The Balaban J connectivity index is 1.92. The fraction of sp³-hybridized carbons (Fsp3) is 0.294. The van der Waals surface area contributed by atoms with E-state index in [1.165, 1.54) is 5.56 Å². The van der Waals surface area contributed by atoms with Gasteiger partial charge in [-0.2, -0.15) is 0 Å². The molecule has 1 aliphatic heterocycles. The first kappa shape index (κ1) is 13.5. The van der Waals surface area contributed by atoms with Gasteiger partial charge in [0.05, 0.1) is 12.7 Å². The van der Waals surface area contributed by atoms with E-state index in [1.807, 2.05) is 30.3 Å². The van der Waals surface area contributed by atoms with E-state index >= 15 is 0 Å². The van der Waals surface area contributed by atoms with E-state index in [9.17, 15) is 5.11 Å². The SMILES string of the molecule is Cc1ccccc1CC(O)c1cc(Cl)cc2c1OCC2. The third-order valence-electron chi connectivity index (χ3n) is 3.81. The van der Waals surface area contributed by atoms with Crippen molar-refractivity contribution in [1.82, 2.24) is 0 Å². The normalized spacial score (nSPS) is 14.8. The number of fused-ring (bicyclic) bond motifs is 1. The quantitative estimate of drug-likeness (QED) is 0.929. The first-order valence-corrected chi connectivity index (χ1v) is 7.20. The molecule has 1 aliphatic rings. The molecule has 2 aromatic rings. The molecule has 0 saturated carbocycles. The molecule has 3 heteroatoms. The summed E-state index contributed by atoms with van der Waals surface area (Å²) in [6.45, 7) is 2.72. The van der Waals surface area contributed by atoms with Crippen molar-refractivity contribution in [3.63, 3.8) is 0 Å². The molecular weight excluding hydrogens is 272 g/mol. The Bertz CT molecular complexity index is 637. The number of aliphatic hydroxyl groups is 1. The van der Waals surface area contributed by atoms with Gasteiger partial charge in [-0.3, -0.25) is 0 Å². The number of hydrogen-bond acceptors (Lipinski definition) is 2. The van der Waals surface area contributed by atoms with Crippen LogP contribution in [0.2, 0.25) is 5.02 Å². The minimum atomic E-state index is -0.596. The maximum absolute atomic E-state index is 10.5. The van der Waals surface area contributed by atoms with E-state index in [-0.39, 0.29) is 0 Å². The van der Waals surface area contributed by atoms with Crippen LogP contribution >= 0.6 is 11.6 Å². The highest BCUT2D eigenvalue weighted by molar-refractivity contribution is 6.30. The van der Waals surface area contributed by atoms with Crippen LogP contribution in [0.15, 0.2) is 36.4 Å². The summed E-state index contributed by atoms with van der Waals surface area (Å²) >= 11 is 6.14. The second-order valence-corrected chi connectivity index (χ2v) is 5.66. The van der Waals surface area contributed by atoms with Crippen LogP contribution < -0.4 is 4.74 Å². The van der Waals surface area contributed by atoms with Gasteiger partial charge in [0.15, 0.2) is 0 Å². The molecule has 104 valence electrons. The molecule has 2 nitrogen and oxygen atoms in total. The minimum absolute atomic E-state index is 0.572. The second kappa shape index (κ2) is 5.47. The highest BCUT2D eigenvalue weighted by Gasteiger charge is 2.22. The standard InChI is InChI=1S/C17H17ClO2/c1-11-4-2-3-5-12(11)9-16(19)15-10-14(18)8-13-6-7-20-17(13)15/h2-5,8,10,16,19H,6-7,9H2,1H3. The first-order valence-electron chi connectivity index (χ1n) is 6.83. The lowest BCUT2D eigenvalue weighted by Gasteiger charge is -2.16. The highest BCUT2D eigenvalue weighted by atomic mass is 35.5. The Labute approximate surface area is 124 Å². The number of rotatable bonds is 3. The van der Waals surface area contributed by atoms with E-state index in [4.69, 9.17) is 16.3 Å². The van der Waals surface area contributed by atoms with E-state index in [0.29, 0.717) is 18.1 Å². The Morgan fingerprint density at radius 1 is 1.30 bits per heavy atom.